The molecule has 3 rings (SSSR count). The maximum Gasteiger partial charge on any atom is 0.293 e. The summed E-state index contributed by atoms with van der Waals surface area (Å²) in [6.45, 7) is 13.4. The van der Waals surface area contributed by atoms with Crippen LogP contribution >= 0.6 is 7.92 Å². The van der Waals surface area contributed by atoms with Crippen LogP contribution in [0.25, 0.3) is 0 Å². The van der Waals surface area contributed by atoms with Crippen LogP contribution in [0, 0.1) is 0 Å². The molecule has 3 unspecified atom stereocenters. The second-order valence-electron chi connectivity index (χ2n) is 7.17. The van der Waals surface area contributed by atoms with Gasteiger partial charge in [0.1, 0.15) is 5.60 Å². The maximum absolute atomic E-state index is 9.60. The van der Waals surface area contributed by atoms with Crippen molar-refractivity contribution in [2.45, 2.75) is 50.7 Å². The molecule has 0 spiro atoms. The summed E-state index contributed by atoms with van der Waals surface area (Å²) < 4.78 is 4.55. The molecule has 0 aliphatic carbocycles. The first-order chi connectivity index (χ1) is 10.3. The number of rotatable bonds is 3. The molecule has 2 fully saturated rings. The van der Waals surface area contributed by atoms with E-state index in [9.17, 15) is 4.79 Å². The van der Waals surface area contributed by atoms with E-state index in [1.165, 1.54) is 18.7 Å². The molecule has 0 radical (unpaired) electrons. The number of hydrogen-bond acceptors (Lipinski definition) is 3. The Morgan fingerprint density at radius 2 is 1.77 bits per heavy atom. The Labute approximate surface area is 135 Å². The average molecular weight is 321 g/mol. The quantitative estimate of drug-likeness (QED) is 0.625. The number of benzene rings is 1. The van der Waals surface area contributed by atoms with E-state index in [0.29, 0.717) is 20.4 Å². The lowest BCUT2D eigenvalue weighted by Gasteiger charge is -2.26. The lowest BCUT2D eigenvalue weighted by atomic mass is 10.1. The van der Waals surface area contributed by atoms with Gasteiger partial charge >= 0.3 is 0 Å². The van der Waals surface area contributed by atoms with E-state index in [-0.39, 0.29) is 5.60 Å². The van der Waals surface area contributed by atoms with E-state index in [1.54, 1.807) is 0 Å². The van der Waals surface area contributed by atoms with Gasteiger partial charge in [0, 0.05) is 19.1 Å². The summed E-state index contributed by atoms with van der Waals surface area (Å²) in [6.07, 6.45) is 0. The number of hydrogen-bond donors (Lipinski definition) is 0. The summed E-state index contributed by atoms with van der Waals surface area (Å²) in [5.74, 6) is 0. The van der Waals surface area contributed by atoms with E-state index in [1.807, 2.05) is 20.8 Å². The molecule has 0 amide bonds. The summed E-state index contributed by atoms with van der Waals surface area (Å²) in [5, 5.41) is 0. The van der Waals surface area contributed by atoms with Crippen molar-refractivity contribution in [3.05, 3.63) is 35.9 Å². The van der Waals surface area contributed by atoms with Gasteiger partial charge in [-0.05, 0) is 51.2 Å². The predicted octanol–water partition coefficient (Wildman–Crippen LogP) is 3.88. The van der Waals surface area contributed by atoms with E-state index in [4.69, 9.17) is 0 Å². The molecule has 3 nitrogen and oxygen atoms in total. The molecular weight excluding hydrogens is 293 g/mol. The van der Waals surface area contributed by atoms with Gasteiger partial charge in [-0.25, -0.2) is 0 Å². The van der Waals surface area contributed by atoms with Gasteiger partial charge in [0.25, 0.3) is 6.47 Å². The monoisotopic (exact) mass is 321 g/mol. The van der Waals surface area contributed by atoms with Crippen molar-refractivity contribution >= 4 is 14.4 Å². The van der Waals surface area contributed by atoms with Gasteiger partial charge < -0.3 is 4.74 Å². The molecule has 1 aromatic rings. The number of carbonyl (C=O) groups excluding carboxylic acids is 1. The third-order valence-electron chi connectivity index (χ3n) is 4.48. The van der Waals surface area contributed by atoms with Crippen LogP contribution in [-0.2, 0) is 9.53 Å². The first-order valence-corrected chi connectivity index (χ1v) is 9.88. The van der Waals surface area contributed by atoms with Crippen molar-refractivity contribution in [1.29, 1.82) is 0 Å². The molecule has 122 valence electrons. The Balaban J connectivity index is 0.000000217. The van der Waals surface area contributed by atoms with Crippen molar-refractivity contribution in [3.8, 4) is 0 Å². The van der Waals surface area contributed by atoms with Crippen molar-refractivity contribution in [2.75, 3.05) is 19.8 Å². The SMILES string of the molecule is CC(C)(C)OC=O.CC(c1ccccc1)N1CC2C(C1)P2C. The van der Waals surface area contributed by atoms with Crippen LogP contribution in [0.15, 0.2) is 30.3 Å². The zero-order valence-corrected chi connectivity index (χ0v) is 15.2. The number of ether oxygens (including phenoxy) is 1. The van der Waals surface area contributed by atoms with Crippen LogP contribution < -0.4 is 0 Å². The van der Waals surface area contributed by atoms with Gasteiger partial charge in [-0.3, -0.25) is 9.69 Å². The number of nitrogens with zero attached hydrogens (tertiary/aromatic N) is 1. The molecule has 2 aliphatic rings. The zero-order valence-electron chi connectivity index (χ0n) is 14.3. The normalized spacial score (nSPS) is 28.1. The van der Waals surface area contributed by atoms with E-state index in [0.717, 1.165) is 11.3 Å². The van der Waals surface area contributed by atoms with Crippen LogP contribution in [0.5, 0.6) is 0 Å². The number of fused-ring (bicyclic) bond motifs is 1. The van der Waals surface area contributed by atoms with Crippen molar-refractivity contribution in [3.63, 3.8) is 0 Å². The molecule has 1 aromatic carbocycles. The van der Waals surface area contributed by atoms with Crippen molar-refractivity contribution in [1.82, 2.24) is 4.90 Å². The first kappa shape index (κ1) is 17.4. The Hall–Kier alpha value is -0.920. The fraction of sp³-hybridized carbons (Fsp3) is 0.611. The summed E-state index contributed by atoms with van der Waals surface area (Å²) >= 11 is 0. The predicted molar refractivity (Wildman–Crippen MR) is 93.8 cm³/mol. The smallest absolute Gasteiger partial charge is 0.293 e. The van der Waals surface area contributed by atoms with E-state index < -0.39 is 0 Å². The maximum atomic E-state index is 9.60. The highest BCUT2D eigenvalue weighted by Gasteiger charge is 2.53. The topological polar surface area (TPSA) is 29.5 Å². The van der Waals surface area contributed by atoms with Gasteiger partial charge in [-0.2, -0.15) is 0 Å². The molecule has 2 aliphatic heterocycles. The van der Waals surface area contributed by atoms with Crippen LogP contribution in [0.3, 0.4) is 0 Å². The average Bonchev–Trinajstić information content (AvgIpc) is 2.90. The van der Waals surface area contributed by atoms with Crippen LogP contribution in [0.4, 0.5) is 0 Å². The third kappa shape index (κ3) is 4.54. The van der Waals surface area contributed by atoms with Gasteiger partial charge in [-0.15, -0.1) is 0 Å². The highest BCUT2D eigenvalue weighted by molar-refractivity contribution is 7.66. The molecule has 3 atom stereocenters. The minimum atomic E-state index is -0.318. The molecule has 2 saturated heterocycles. The fourth-order valence-electron chi connectivity index (χ4n) is 2.93. The lowest BCUT2D eigenvalue weighted by Crippen LogP contribution is -2.26. The second kappa shape index (κ2) is 7.10. The van der Waals surface area contributed by atoms with Crippen molar-refractivity contribution in [2.24, 2.45) is 0 Å². The molecule has 0 bridgehead atoms. The van der Waals surface area contributed by atoms with Crippen LogP contribution in [0.2, 0.25) is 0 Å². The fourth-order valence-corrected chi connectivity index (χ4v) is 5.40. The minimum Gasteiger partial charge on any atom is -0.462 e. The molecule has 0 N–H and O–H groups in total. The highest BCUT2D eigenvalue weighted by Crippen LogP contribution is 2.67. The Kier molecular flexibility index (Phi) is 5.63. The van der Waals surface area contributed by atoms with Crippen LogP contribution in [0.1, 0.15) is 39.3 Å². The van der Waals surface area contributed by atoms with Crippen LogP contribution in [-0.4, -0.2) is 48.0 Å². The highest BCUT2D eigenvalue weighted by atomic mass is 31.1. The summed E-state index contributed by atoms with van der Waals surface area (Å²) in [7, 11) is 0.430. The molecule has 22 heavy (non-hydrogen) atoms. The Morgan fingerprint density at radius 1 is 1.23 bits per heavy atom. The third-order valence-corrected chi connectivity index (χ3v) is 7.27. The van der Waals surface area contributed by atoms with Crippen molar-refractivity contribution < 1.29 is 9.53 Å². The largest absolute Gasteiger partial charge is 0.462 e. The summed E-state index contributed by atoms with van der Waals surface area (Å²) in [6, 6.07) is 11.5. The molecule has 0 aromatic heterocycles. The van der Waals surface area contributed by atoms with Gasteiger partial charge in [-0.1, -0.05) is 38.3 Å². The van der Waals surface area contributed by atoms with E-state index in [2.05, 4.69) is 53.6 Å². The molecule has 2 heterocycles. The minimum absolute atomic E-state index is 0.318. The second-order valence-corrected chi connectivity index (χ2v) is 9.82. The molecule has 4 heteroatoms. The first-order valence-electron chi connectivity index (χ1n) is 7.96. The molecular formula is C18H28NO2P. The summed E-state index contributed by atoms with van der Waals surface area (Å²) in [4.78, 5) is 12.3. The van der Waals surface area contributed by atoms with Gasteiger partial charge in [0.2, 0.25) is 0 Å². The van der Waals surface area contributed by atoms with Gasteiger partial charge in [0.05, 0.1) is 0 Å². The Morgan fingerprint density at radius 3 is 2.18 bits per heavy atom. The zero-order chi connectivity index (χ0) is 16.3. The van der Waals surface area contributed by atoms with Gasteiger partial charge in [0.15, 0.2) is 0 Å². The Bertz CT molecular complexity index is 474. The number of likely N-dealkylation sites (tertiary alicyclic amines) is 1. The summed E-state index contributed by atoms with van der Waals surface area (Å²) in [5.41, 5.74) is 3.30. The number of carbonyl (C=O) groups is 1. The lowest BCUT2D eigenvalue weighted by molar-refractivity contribution is -0.138. The molecule has 0 saturated carbocycles. The standard InChI is InChI=1S/C13H18NP.C5H10O2/c1-10(11-6-4-3-5-7-11)14-8-12-13(9-14)15(12)2;1-5(2,3)7-4-6/h3-7,10,12-13H,8-9H2,1-2H3;4H,1-3H3. The van der Waals surface area contributed by atoms with E-state index >= 15 is 0 Å².